The van der Waals surface area contributed by atoms with Crippen molar-refractivity contribution >= 4 is 16.6 Å². The Hall–Kier alpha value is -2.46. The minimum Gasteiger partial charge on any atom is -0.371 e. The third-order valence-corrected chi connectivity index (χ3v) is 5.50. The van der Waals surface area contributed by atoms with Gasteiger partial charge in [0.15, 0.2) is 0 Å². The second kappa shape index (κ2) is 8.05. The first-order valence-electron chi connectivity index (χ1n) is 9.71. The molecule has 1 aromatic heterocycles. The van der Waals surface area contributed by atoms with Crippen LogP contribution in [0.15, 0.2) is 60.8 Å². The normalized spacial score (nSPS) is 15.6. The molecule has 140 valence electrons. The van der Waals surface area contributed by atoms with E-state index in [0.717, 1.165) is 43.0 Å². The van der Waals surface area contributed by atoms with Crippen LogP contribution in [0.3, 0.4) is 0 Å². The van der Waals surface area contributed by atoms with Crippen LogP contribution in [0.4, 0.5) is 10.1 Å². The van der Waals surface area contributed by atoms with Gasteiger partial charge in [0.25, 0.3) is 0 Å². The summed E-state index contributed by atoms with van der Waals surface area (Å²) in [6.45, 7) is 4.22. The molecule has 4 rings (SSSR count). The van der Waals surface area contributed by atoms with Gasteiger partial charge in [-0.25, -0.2) is 4.39 Å². The van der Waals surface area contributed by atoms with Gasteiger partial charge < -0.3 is 9.80 Å². The van der Waals surface area contributed by atoms with Gasteiger partial charge in [0.05, 0.1) is 5.52 Å². The molecule has 0 amide bonds. The molecule has 0 atom stereocenters. The molecule has 27 heavy (non-hydrogen) atoms. The van der Waals surface area contributed by atoms with E-state index in [-0.39, 0.29) is 5.82 Å². The molecular weight excluding hydrogens is 337 g/mol. The second-order valence-electron chi connectivity index (χ2n) is 7.60. The number of nitrogens with zero attached hydrogens (tertiary/aromatic N) is 3. The smallest absolute Gasteiger partial charge is 0.125 e. The largest absolute Gasteiger partial charge is 0.371 e. The average Bonchev–Trinajstić information content (AvgIpc) is 2.68. The number of hydrogen-bond donors (Lipinski definition) is 0. The maximum atomic E-state index is 13.5. The van der Waals surface area contributed by atoms with E-state index >= 15 is 0 Å². The fourth-order valence-corrected chi connectivity index (χ4v) is 4.14. The number of anilines is 1. The van der Waals surface area contributed by atoms with E-state index in [0.29, 0.717) is 0 Å². The Labute approximate surface area is 160 Å². The standard InChI is InChI=1S/C23H26FN3/c1-26(16-18-5-3-2-4-6-18)17-19-10-13-27(14-11-19)23-9-12-25-22-15-20(24)7-8-21(22)23/h2-9,12,15,19H,10-11,13-14,16-17H2,1H3. The van der Waals surface area contributed by atoms with Crippen LogP contribution in [0.25, 0.3) is 10.9 Å². The van der Waals surface area contributed by atoms with Crippen LogP contribution in [0.1, 0.15) is 18.4 Å². The molecule has 0 N–H and O–H groups in total. The Bertz CT molecular complexity index is 889. The van der Waals surface area contributed by atoms with Crippen molar-refractivity contribution in [3.63, 3.8) is 0 Å². The monoisotopic (exact) mass is 363 g/mol. The van der Waals surface area contributed by atoms with Crippen molar-refractivity contribution in [2.45, 2.75) is 19.4 Å². The van der Waals surface area contributed by atoms with E-state index in [4.69, 9.17) is 0 Å². The molecule has 1 saturated heterocycles. The van der Waals surface area contributed by atoms with Crippen LogP contribution >= 0.6 is 0 Å². The zero-order valence-corrected chi connectivity index (χ0v) is 15.8. The van der Waals surface area contributed by atoms with Crippen LogP contribution in [0.5, 0.6) is 0 Å². The van der Waals surface area contributed by atoms with E-state index in [1.165, 1.54) is 36.2 Å². The Balaban J connectivity index is 1.36. The lowest BCUT2D eigenvalue weighted by molar-refractivity contribution is 0.242. The minimum absolute atomic E-state index is 0.229. The Morgan fingerprint density at radius 1 is 1.07 bits per heavy atom. The molecule has 1 aliphatic heterocycles. The van der Waals surface area contributed by atoms with E-state index in [9.17, 15) is 4.39 Å². The molecule has 2 heterocycles. The molecule has 1 fully saturated rings. The highest BCUT2D eigenvalue weighted by Crippen LogP contribution is 2.30. The lowest BCUT2D eigenvalue weighted by Gasteiger charge is -2.35. The van der Waals surface area contributed by atoms with Crippen molar-refractivity contribution in [1.82, 2.24) is 9.88 Å². The minimum atomic E-state index is -0.229. The molecule has 0 radical (unpaired) electrons. The number of rotatable bonds is 5. The van der Waals surface area contributed by atoms with Crippen LogP contribution < -0.4 is 4.90 Å². The van der Waals surface area contributed by atoms with Gasteiger partial charge >= 0.3 is 0 Å². The Kier molecular flexibility index (Phi) is 5.35. The van der Waals surface area contributed by atoms with Gasteiger partial charge in [-0.1, -0.05) is 30.3 Å². The highest BCUT2D eigenvalue weighted by Gasteiger charge is 2.22. The van der Waals surface area contributed by atoms with Crippen molar-refractivity contribution in [2.24, 2.45) is 5.92 Å². The van der Waals surface area contributed by atoms with E-state index in [2.05, 4.69) is 58.2 Å². The summed E-state index contributed by atoms with van der Waals surface area (Å²) in [6.07, 6.45) is 4.16. The highest BCUT2D eigenvalue weighted by atomic mass is 19.1. The molecule has 0 bridgehead atoms. The first-order chi connectivity index (χ1) is 13.2. The SMILES string of the molecule is CN(Cc1ccccc1)CC1CCN(c2ccnc3cc(F)ccc23)CC1. The molecule has 3 aromatic rings. The van der Waals surface area contributed by atoms with Crippen molar-refractivity contribution < 1.29 is 4.39 Å². The van der Waals surface area contributed by atoms with Gasteiger partial charge in [0.1, 0.15) is 5.82 Å². The van der Waals surface area contributed by atoms with Crippen LogP contribution in [-0.2, 0) is 6.54 Å². The van der Waals surface area contributed by atoms with Crippen molar-refractivity contribution in [3.05, 3.63) is 72.2 Å². The zero-order chi connectivity index (χ0) is 18.6. The van der Waals surface area contributed by atoms with E-state index in [1.807, 2.05) is 6.07 Å². The predicted molar refractivity (Wildman–Crippen MR) is 109 cm³/mol. The van der Waals surface area contributed by atoms with Crippen molar-refractivity contribution in [2.75, 3.05) is 31.6 Å². The second-order valence-corrected chi connectivity index (χ2v) is 7.60. The van der Waals surface area contributed by atoms with Crippen LogP contribution in [0, 0.1) is 11.7 Å². The topological polar surface area (TPSA) is 19.4 Å². The molecule has 0 saturated carbocycles. The van der Waals surface area contributed by atoms with Crippen LogP contribution in [0.2, 0.25) is 0 Å². The summed E-state index contributed by atoms with van der Waals surface area (Å²) in [7, 11) is 2.21. The molecule has 2 aromatic carbocycles. The summed E-state index contributed by atoms with van der Waals surface area (Å²) in [5, 5.41) is 1.04. The van der Waals surface area contributed by atoms with Crippen LogP contribution in [-0.4, -0.2) is 36.6 Å². The van der Waals surface area contributed by atoms with Crippen molar-refractivity contribution in [3.8, 4) is 0 Å². The number of hydrogen-bond acceptors (Lipinski definition) is 3. The van der Waals surface area contributed by atoms with Gasteiger partial charge in [-0.3, -0.25) is 4.98 Å². The maximum absolute atomic E-state index is 13.5. The number of fused-ring (bicyclic) bond motifs is 1. The summed E-state index contributed by atoms with van der Waals surface area (Å²) < 4.78 is 13.5. The third-order valence-electron chi connectivity index (χ3n) is 5.50. The molecule has 0 spiro atoms. The number of aromatic nitrogens is 1. The van der Waals surface area contributed by atoms with Gasteiger partial charge in [-0.15, -0.1) is 0 Å². The summed E-state index contributed by atoms with van der Waals surface area (Å²) >= 11 is 0. The number of halogens is 1. The van der Waals surface area contributed by atoms with Gasteiger partial charge in [-0.2, -0.15) is 0 Å². The molecule has 4 heteroatoms. The fourth-order valence-electron chi connectivity index (χ4n) is 4.14. The van der Waals surface area contributed by atoms with Gasteiger partial charge in [0, 0.05) is 49.5 Å². The average molecular weight is 363 g/mol. The quantitative estimate of drug-likeness (QED) is 0.654. The number of benzene rings is 2. The van der Waals surface area contributed by atoms with E-state index in [1.54, 1.807) is 6.20 Å². The lowest BCUT2D eigenvalue weighted by Crippen LogP contribution is -2.37. The predicted octanol–water partition coefficient (Wildman–Crippen LogP) is 4.72. The summed E-state index contributed by atoms with van der Waals surface area (Å²) in [6, 6.07) is 17.6. The Morgan fingerprint density at radius 3 is 2.63 bits per heavy atom. The first kappa shape index (κ1) is 17.9. The van der Waals surface area contributed by atoms with E-state index < -0.39 is 0 Å². The van der Waals surface area contributed by atoms with Gasteiger partial charge in [-0.05, 0) is 49.6 Å². The number of piperidine rings is 1. The maximum Gasteiger partial charge on any atom is 0.125 e. The summed E-state index contributed by atoms with van der Waals surface area (Å²) in [4.78, 5) is 9.18. The lowest BCUT2D eigenvalue weighted by atomic mass is 9.95. The fraction of sp³-hybridized carbons (Fsp3) is 0.348. The molecule has 3 nitrogen and oxygen atoms in total. The van der Waals surface area contributed by atoms with Crippen molar-refractivity contribution in [1.29, 1.82) is 0 Å². The van der Waals surface area contributed by atoms with Gasteiger partial charge in [0.2, 0.25) is 0 Å². The third kappa shape index (κ3) is 4.28. The molecular formula is C23H26FN3. The molecule has 0 unspecified atom stereocenters. The summed E-state index contributed by atoms with van der Waals surface area (Å²) in [5.74, 6) is 0.493. The first-order valence-corrected chi connectivity index (χ1v) is 9.71. The number of pyridine rings is 1. The molecule has 0 aliphatic carbocycles. The highest BCUT2D eigenvalue weighted by molar-refractivity contribution is 5.91. The zero-order valence-electron chi connectivity index (χ0n) is 15.8. The summed E-state index contributed by atoms with van der Waals surface area (Å²) in [5.41, 5.74) is 3.28. The molecule has 1 aliphatic rings. The Morgan fingerprint density at radius 2 is 1.85 bits per heavy atom.